The van der Waals surface area contributed by atoms with Gasteiger partial charge in [0.2, 0.25) is 0 Å². The van der Waals surface area contributed by atoms with Gasteiger partial charge in [-0.25, -0.2) is 4.68 Å². The largest absolute Gasteiger partial charge is 0.383 e. The first-order chi connectivity index (χ1) is 6.20. The van der Waals surface area contributed by atoms with Crippen molar-refractivity contribution in [1.82, 2.24) is 9.78 Å². The second-order valence-corrected chi connectivity index (χ2v) is 5.48. The molecule has 1 saturated heterocycles. The Kier molecular flexibility index (Phi) is 2.73. The van der Waals surface area contributed by atoms with Gasteiger partial charge in [0.1, 0.15) is 5.82 Å². The van der Waals surface area contributed by atoms with E-state index in [1.165, 1.54) is 12.2 Å². The summed E-state index contributed by atoms with van der Waals surface area (Å²) in [5.41, 5.74) is 7.02. The van der Waals surface area contributed by atoms with E-state index in [9.17, 15) is 0 Å². The molecule has 0 aromatic carbocycles. The fourth-order valence-corrected chi connectivity index (χ4v) is 3.08. The molecule has 1 aromatic heterocycles. The first kappa shape index (κ1) is 9.64. The van der Waals surface area contributed by atoms with Crippen LogP contribution in [-0.2, 0) is 0 Å². The first-order valence-corrected chi connectivity index (χ1v) is 6.51. The second-order valence-electron chi connectivity index (χ2n) is 3.25. The Balaban J connectivity index is 2.34. The van der Waals surface area contributed by atoms with Crippen LogP contribution in [-0.4, -0.2) is 21.3 Å². The van der Waals surface area contributed by atoms with Crippen molar-refractivity contribution in [1.29, 1.82) is 0 Å². The highest BCUT2D eigenvalue weighted by Crippen LogP contribution is 2.31. The Labute approximate surface area is 95.6 Å². The lowest BCUT2D eigenvalue weighted by Crippen LogP contribution is -2.12. The Morgan fingerprint density at radius 1 is 1.69 bits per heavy atom. The zero-order valence-corrected chi connectivity index (χ0v) is 10.4. The minimum Gasteiger partial charge on any atom is -0.383 e. The minimum absolute atomic E-state index is 0.521. The van der Waals surface area contributed by atoms with E-state index in [2.05, 4.69) is 27.7 Å². The average Bonchev–Trinajstić information content (AvgIpc) is 2.70. The van der Waals surface area contributed by atoms with Gasteiger partial charge in [0.05, 0.1) is 15.3 Å². The van der Waals surface area contributed by atoms with E-state index in [1.807, 2.05) is 23.4 Å². The SMILES string of the molecule is Cc1nn(C2CCSC2)c(N)c1I. The van der Waals surface area contributed by atoms with E-state index >= 15 is 0 Å². The number of nitrogen functional groups attached to an aromatic ring is 1. The fourth-order valence-electron chi connectivity index (χ4n) is 1.54. The third-order valence-corrected chi connectivity index (χ3v) is 4.78. The van der Waals surface area contributed by atoms with Crippen molar-refractivity contribution in [3.05, 3.63) is 9.26 Å². The summed E-state index contributed by atoms with van der Waals surface area (Å²) < 4.78 is 3.10. The molecule has 3 nitrogen and oxygen atoms in total. The van der Waals surface area contributed by atoms with E-state index < -0.39 is 0 Å². The molecule has 0 spiro atoms. The summed E-state index contributed by atoms with van der Waals surface area (Å²) >= 11 is 4.24. The predicted octanol–water partition coefficient (Wildman–Crippen LogP) is 2.06. The molecule has 1 aliphatic rings. The highest BCUT2D eigenvalue weighted by atomic mass is 127. The van der Waals surface area contributed by atoms with Crippen LogP contribution in [0.3, 0.4) is 0 Å². The van der Waals surface area contributed by atoms with Crippen LogP contribution in [0, 0.1) is 10.5 Å². The van der Waals surface area contributed by atoms with Gasteiger partial charge >= 0.3 is 0 Å². The lowest BCUT2D eigenvalue weighted by molar-refractivity contribution is 0.506. The van der Waals surface area contributed by atoms with Crippen LogP contribution in [0.2, 0.25) is 0 Å². The lowest BCUT2D eigenvalue weighted by Gasteiger charge is -2.10. The summed E-state index contributed by atoms with van der Waals surface area (Å²) in [6.45, 7) is 2.01. The first-order valence-electron chi connectivity index (χ1n) is 4.28. The molecule has 1 atom stereocenters. The van der Waals surface area contributed by atoms with E-state index in [-0.39, 0.29) is 0 Å². The summed E-state index contributed by atoms with van der Waals surface area (Å²) in [6, 6.07) is 0.521. The zero-order chi connectivity index (χ0) is 9.42. The molecule has 1 fully saturated rings. The van der Waals surface area contributed by atoms with E-state index in [1.54, 1.807) is 0 Å². The van der Waals surface area contributed by atoms with Crippen molar-refractivity contribution < 1.29 is 0 Å². The van der Waals surface area contributed by atoms with Gasteiger partial charge in [-0.2, -0.15) is 16.9 Å². The van der Waals surface area contributed by atoms with Gasteiger partial charge in [-0.1, -0.05) is 0 Å². The van der Waals surface area contributed by atoms with E-state index in [0.29, 0.717) is 6.04 Å². The Bertz CT molecular complexity index is 317. The Morgan fingerprint density at radius 3 is 2.92 bits per heavy atom. The highest BCUT2D eigenvalue weighted by Gasteiger charge is 2.21. The van der Waals surface area contributed by atoms with Gasteiger partial charge in [0.25, 0.3) is 0 Å². The van der Waals surface area contributed by atoms with Gasteiger partial charge in [-0.3, -0.25) is 0 Å². The number of hydrogen-bond donors (Lipinski definition) is 1. The smallest absolute Gasteiger partial charge is 0.135 e. The normalized spacial score (nSPS) is 22.5. The molecule has 1 aliphatic heterocycles. The van der Waals surface area contributed by atoms with Crippen molar-refractivity contribution in [3.63, 3.8) is 0 Å². The van der Waals surface area contributed by atoms with E-state index in [4.69, 9.17) is 5.73 Å². The third-order valence-electron chi connectivity index (χ3n) is 2.30. The molecule has 1 unspecified atom stereocenters. The van der Waals surface area contributed by atoms with Crippen molar-refractivity contribution in [2.24, 2.45) is 0 Å². The Hall–Kier alpha value is 0.0900. The van der Waals surface area contributed by atoms with Gasteiger partial charge in [-0.15, -0.1) is 0 Å². The average molecular weight is 309 g/mol. The number of rotatable bonds is 1. The maximum absolute atomic E-state index is 5.97. The molecule has 13 heavy (non-hydrogen) atoms. The third kappa shape index (κ3) is 1.68. The number of thioether (sulfide) groups is 1. The van der Waals surface area contributed by atoms with Crippen molar-refractivity contribution in [2.45, 2.75) is 19.4 Å². The molecule has 0 radical (unpaired) electrons. The predicted molar refractivity (Wildman–Crippen MR) is 65.1 cm³/mol. The molecule has 0 saturated carbocycles. The lowest BCUT2D eigenvalue weighted by atomic mass is 10.3. The quantitative estimate of drug-likeness (QED) is 0.808. The summed E-state index contributed by atoms with van der Waals surface area (Å²) in [4.78, 5) is 0. The fraction of sp³-hybridized carbons (Fsp3) is 0.625. The number of nitrogens with zero attached hydrogens (tertiary/aromatic N) is 2. The standard InChI is InChI=1S/C8H12IN3S/c1-5-7(9)8(10)12(11-5)6-2-3-13-4-6/h6H,2-4,10H2,1H3. The minimum atomic E-state index is 0.521. The van der Waals surface area contributed by atoms with Gasteiger partial charge in [0.15, 0.2) is 0 Å². The number of aromatic nitrogens is 2. The van der Waals surface area contributed by atoms with Crippen molar-refractivity contribution in [2.75, 3.05) is 17.2 Å². The molecule has 0 aliphatic carbocycles. The van der Waals surface area contributed by atoms with Crippen LogP contribution < -0.4 is 5.73 Å². The molecule has 72 valence electrons. The zero-order valence-electron chi connectivity index (χ0n) is 7.46. The van der Waals surface area contributed by atoms with Crippen LogP contribution in [0.15, 0.2) is 0 Å². The number of hydrogen-bond acceptors (Lipinski definition) is 3. The summed E-state index contributed by atoms with van der Waals surface area (Å²) in [7, 11) is 0. The molecule has 2 N–H and O–H groups in total. The van der Waals surface area contributed by atoms with Crippen LogP contribution in [0.4, 0.5) is 5.82 Å². The molecular formula is C8H12IN3S. The summed E-state index contributed by atoms with van der Waals surface area (Å²) in [6.07, 6.45) is 1.20. The molecule has 1 aromatic rings. The second kappa shape index (κ2) is 3.68. The molecule has 2 heterocycles. The molecule has 0 amide bonds. The van der Waals surface area contributed by atoms with Crippen molar-refractivity contribution in [3.8, 4) is 0 Å². The maximum Gasteiger partial charge on any atom is 0.135 e. The van der Waals surface area contributed by atoms with E-state index in [0.717, 1.165) is 20.8 Å². The van der Waals surface area contributed by atoms with Gasteiger partial charge < -0.3 is 5.73 Å². The van der Waals surface area contributed by atoms with Crippen molar-refractivity contribution >= 4 is 40.2 Å². The number of aryl methyl sites for hydroxylation is 1. The van der Waals surface area contributed by atoms with Crippen LogP contribution in [0.25, 0.3) is 0 Å². The number of anilines is 1. The maximum atomic E-state index is 5.97. The number of halogens is 1. The molecule has 5 heteroatoms. The van der Waals surface area contributed by atoms with Gasteiger partial charge in [-0.05, 0) is 41.7 Å². The monoisotopic (exact) mass is 309 g/mol. The van der Waals surface area contributed by atoms with Crippen LogP contribution in [0.1, 0.15) is 18.2 Å². The topological polar surface area (TPSA) is 43.8 Å². The summed E-state index contributed by atoms with van der Waals surface area (Å²) in [5.74, 6) is 3.23. The molecular weight excluding hydrogens is 297 g/mol. The number of nitrogens with two attached hydrogens (primary N) is 1. The molecule has 2 rings (SSSR count). The Morgan fingerprint density at radius 2 is 2.46 bits per heavy atom. The summed E-state index contributed by atoms with van der Waals surface area (Å²) in [5, 5.41) is 4.46. The van der Waals surface area contributed by atoms with Gasteiger partial charge in [0, 0.05) is 5.75 Å². The molecule has 0 bridgehead atoms. The van der Waals surface area contributed by atoms with Crippen LogP contribution >= 0.6 is 34.4 Å². The van der Waals surface area contributed by atoms with Crippen LogP contribution in [0.5, 0.6) is 0 Å². The highest BCUT2D eigenvalue weighted by molar-refractivity contribution is 14.1.